The number of halogens is 2. The minimum atomic E-state index is -0.103. The summed E-state index contributed by atoms with van der Waals surface area (Å²) in [6.45, 7) is 4.79. The summed E-state index contributed by atoms with van der Waals surface area (Å²) in [6.07, 6.45) is 3.18. The first-order valence-electron chi connectivity index (χ1n) is 7.06. The molecule has 1 aromatic carbocycles. The van der Waals surface area contributed by atoms with Crippen LogP contribution in [0.25, 0.3) is 0 Å². The summed E-state index contributed by atoms with van der Waals surface area (Å²) in [5.41, 5.74) is 0.698. The molecular formula is C15H22Cl2N2O2. The van der Waals surface area contributed by atoms with E-state index in [9.17, 15) is 4.79 Å². The van der Waals surface area contributed by atoms with Crippen molar-refractivity contribution >= 4 is 35.6 Å². The maximum absolute atomic E-state index is 12.1. The number of carbonyl (C=O) groups is 1. The van der Waals surface area contributed by atoms with E-state index in [0.29, 0.717) is 16.5 Å². The van der Waals surface area contributed by atoms with Gasteiger partial charge in [0, 0.05) is 5.69 Å². The first kappa shape index (κ1) is 18.1. The first-order chi connectivity index (χ1) is 9.56. The van der Waals surface area contributed by atoms with Crippen molar-refractivity contribution in [3.8, 4) is 5.75 Å². The third-order valence-corrected chi connectivity index (χ3v) is 3.48. The molecule has 0 aliphatic carbocycles. The molecule has 0 radical (unpaired) electrons. The van der Waals surface area contributed by atoms with Crippen LogP contribution in [-0.2, 0) is 4.79 Å². The molecule has 1 aliphatic rings. The predicted molar refractivity (Wildman–Crippen MR) is 88.7 cm³/mol. The van der Waals surface area contributed by atoms with Gasteiger partial charge in [0.1, 0.15) is 5.75 Å². The molecule has 0 spiro atoms. The van der Waals surface area contributed by atoms with Gasteiger partial charge in [-0.15, -0.1) is 12.4 Å². The summed E-state index contributed by atoms with van der Waals surface area (Å²) >= 11 is 6.15. The lowest BCUT2D eigenvalue weighted by molar-refractivity contribution is -0.118. The van der Waals surface area contributed by atoms with Crippen molar-refractivity contribution in [3.05, 3.63) is 23.2 Å². The van der Waals surface area contributed by atoms with Gasteiger partial charge in [0.15, 0.2) is 0 Å². The Kier molecular flexibility index (Phi) is 7.29. The van der Waals surface area contributed by atoms with Crippen molar-refractivity contribution in [2.75, 3.05) is 11.9 Å². The molecule has 2 N–H and O–H groups in total. The van der Waals surface area contributed by atoms with Crippen LogP contribution in [0.2, 0.25) is 5.02 Å². The summed E-state index contributed by atoms with van der Waals surface area (Å²) in [6, 6.07) is 5.21. The van der Waals surface area contributed by atoms with Gasteiger partial charge in [-0.25, -0.2) is 0 Å². The number of anilines is 1. The largest absolute Gasteiger partial charge is 0.489 e. The lowest BCUT2D eigenvalue weighted by atomic mass is 10.0. The molecule has 21 heavy (non-hydrogen) atoms. The molecule has 118 valence electrons. The van der Waals surface area contributed by atoms with Crippen molar-refractivity contribution in [1.82, 2.24) is 5.32 Å². The third-order valence-electron chi connectivity index (χ3n) is 3.19. The number of nitrogens with one attached hydrogen (secondary N) is 2. The van der Waals surface area contributed by atoms with Crippen LogP contribution in [0.5, 0.6) is 5.75 Å². The zero-order valence-electron chi connectivity index (χ0n) is 12.3. The average Bonchev–Trinajstić information content (AvgIpc) is 2.42. The minimum absolute atomic E-state index is 0. The molecule has 1 unspecified atom stereocenters. The maximum atomic E-state index is 12.1. The number of benzene rings is 1. The van der Waals surface area contributed by atoms with Crippen LogP contribution in [0.3, 0.4) is 0 Å². The van der Waals surface area contributed by atoms with Gasteiger partial charge < -0.3 is 15.4 Å². The predicted octanol–water partition coefficient (Wildman–Crippen LogP) is 3.63. The molecule has 1 amide bonds. The van der Waals surface area contributed by atoms with E-state index >= 15 is 0 Å². The highest BCUT2D eigenvalue weighted by Gasteiger charge is 2.20. The van der Waals surface area contributed by atoms with Crippen molar-refractivity contribution in [3.63, 3.8) is 0 Å². The Morgan fingerprint density at radius 1 is 1.43 bits per heavy atom. The highest BCUT2D eigenvalue weighted by Crippen LogP contribution is 2.28. The van der Waals surface area contributed by atoms with Gasteiger partial charge in [0.2, 0.25) is 5.91 Å². The quantitative estimate of drug-likeness (QED) is 0.885. The Balaban J connectivity index is 0.00000220. The highest BCUT2D eigenvalue weighted by molar-refractivity contribution is 6.32. The number of carbonyl (C=O) groups excluding carboxylic acids is 1. The van der Waals surface area contributed by atoms with E-state index in [-0.39, 0.29) is 30.5 Å². The number of hydrogen-bond acceptors (Lipinski definition) is 3. The Hall–Kier alpha value is -0.970. The standard InChI is InChI=1S/C15H21ClN2O2.ClH/c1-10(2)20-14-7-6-11(9-12(14)16)18-15(19)13-5-3-4-8-17-13;/h6-7,9-10,13,17H,3-5,8H2,1-2H3,(H,18,19);1H. The number of hydrogen-bond donors (Lipinski definition) is 2. The molecule has 0 aromatic heterocycles. The molecular weight excluding hydrogens is 311 g/mol. The molecule has 2 rings (SSSR count). The lowest BCUT2D eigenvalue weighted by Gasteiger charge is -2.22. The fourth-order valence-corrected chi connectivity index (χ4v) is 2.46. The summed E-state index contributed by atoms with van der Waals surface area (Å²) in [5.74, 6) is 0.633. The maximum Gasteiger partial charge on any atom is 0.241 e. The van der Waals surface area contributed by atoms with Crippen LogP contribution in [0.1, 0.15) is 33.1 Å². The Labute approximate surface area is 137 Å². The molecule has 1 aromatic rings. The number of rotatable bonds is 4. The van der Waals surface area contributed by atoms with E-state index in [1.807, 2.05) is 19.9 Å². The first-order valence-corrected chi connectivity index (χ1v) is 7.44. The molecule has 0 saturated carbocycles. The second-order valence-electron chi connectivity index (χ2n) is 5.30. The SMILES string of the molecule is CC(C)Oc1ccc(NC(=O)C2CCCCN2)cc1Cl.Cl. The van der Waals surface area contributed by atoms with E-state index in [2.05, 4.69) is 10.6 Å². The number of piperidine rings is 1. The van der Waals surface area contributed by atoms with Crippen LogP contribution >= 0.6 is 24.0 Å². The molecule has 1 atom stereocenters. The fourth-order valence-electron chi connectivity index (χ4n) is 2.23. The van der Waals surface area contributed by atoms with E-state index in [4.69, 9.17) is 16.3 Å². The number of amides is 1. The zero-order valence-corrected chi connectivity index (χ0v) is 13.9. The molecule has 1 fully saturated rings. The van der Waals surface area contributed by atoms with Gasteiger partial charge in [-0.2, -0.15) is 0 Å². The molecule has 1 heterocycles. The van der Waals surface area contributed by atoms with E-state index in [1.165, 1.54) is 0 Å². The Morgan fingerprint density at radius 3 is 2.76 bits per heavy atom. The zero-order chi connectivity index (χ0) is 14.5. The summed E-state index contributed by atoms with van der Waals surface area (Å²) in [5, 5.41) is 6.62. The lowest BCUT2D eigenvalue weighted by Crippen LogP contribution is -2.43. The van der Waals surface area contributed by atoms with Crippen molar-refractivity contribution < 1.29 is 9.53 Å². The van der Waals surface area contributed by atoms with Gasteiger partial charge in [0.25, 0.3) is 0 Å². The van der Waals surface area contributed by atoms with E-state index in [1.54, 1.807) is 12.1 Å². The van der Waals surface area contributed by atoms with Crippen LogP contribution in [-0.4, -0.2) is 24.6 Å². The number of ether oxygens (including phenoxy) is 1. The van der Waals surface area contributed by atoms with Crippen LogP contribution < -0.4 is 15.4 Å². The topological polar surface area (TPSA) is 50.4 Å². The Morgan fingerprint density at radius 2 is 2.19 bits per heavy atom. The van der Waals surface area contributed by atoms with Crippen molar-refractivity contribution in [1.29, 1.82) is 0 Å². The molecule has 0 bridgehead atoms. The van der Waals surface area contributed by atoms with Gasteiger partial charge in [-0.05, 0) is 51.4 Å². The second-order valence-corrected chi connectivity index (χ2v) is 5.71. The van der Waals surface area contributed by atoms with Crippen molar-refractivity contribution in [2.45, 2.75) is 45.3 Å². The van der Waals surface area contributed by atoms with Gasteiger partial charge in [0.05, 0.1) is 17.2 Å². The fraction of sp³-hybridized carbons (Fsp3) is 0.533. The van der Waals surface area contributed by atoms with Crippen LogP contribution in [0.4, 0.5) is 5.69 Å². The Bertz CT molecular complexity index is 475. The molecule has 1 saturated heterocycles. The van der Waals surface area contributed by atoms with Gasteiger partial charge >= 0.3 is 0 Å². The molecule has 4 nitrogen and oxygen atoms in total. The minimum Gasteiger partial charge on any atom is -0.489 e. The molecule has 1 aliphatic heterocycles. The average molecular weight is 333 g/mol. The van der Waals surface area contributed by atoms with E-state index < -0.39 is 0 Å². The van der Waals surface area contributed by atoms with E-state index in [0.717, 1.165) is 25.8 Å². The van der Waals surface area contributed by atoms with Crippen LogP contribution in [0.15, 0.2) is 18.2 Å². The summed E-state index contributed by atoms with van der Waals surface area (Å²) < 4.78 is 5.56. The highest BCUT2D eigenvalue weighted by atomic mass is 35.5. The second kappa shape index (κ2) is 8.47. The summed E-state index contributed by atoms with van der Waals surface area (Å²) in [7, 11) is 0. The van der Waals surface area contributed by atoms with Crippen molar-refractivity contribution in [2.24, 2.45) is 0 Å². The summed E-state index contributed by atoms with van der Waals surface area (Å²) in [4.78, 5) is 12.1. The van der Waals surface area contributed by atoms with Gasteiger partial charge in [-0.1, -0.05) is 18.0 Å². The normalized spacial score (nSPS) is 18.0. The monoisotopic (exact) mass is 332 g/mol. The smallest absolute Gasteiger partial charge is 0.241 e. The van der Waals surface area contributed by atoms with Crippen LogP contribution in [0, 0.1) is 0 Å². The third kappa shape index (κ3) is 5.38. The van der Waals surface area contributed by atoms with Gasteiger partial charge in [-0.3, -0.25) is 4.79 Å². The molecule has 6 heteroatoms.